The van der Waals surface area contributed by atoms with Gasteiger partial charge in [-0.1, -0.05) is 0 Å². The molecule has 0 radical (unpaired) electrons. The van der Waals surface area contributed by atoms with E-state index in [4.69, 9.17) is 9.47 Å². The molecule has 6 nitrogen and oxygen atoms in total. The molecular formula is C17H19N3O3. The van der Waals surface area contributed by atoms with E-state index in [1.54, 1.807) is 29.2 Å². The largest absolute Gasteiger partial charge is 0.424 e. The minimum Gasteiger partial charge on any atom is -0.424 e. The van der Waals surface area contributed by atoms with E-state index in [1.807, 2.05) is 19.9 Å². The van der Waals surface area contributed by atoms with Crippen LogP contribution in [-0.2, 0) is 4.74 Å². The van der Waals surface area contributed by atoms with E-state index in [0.717, 1.165) is 11.4 Å². The van der Waals surface area contributed by atoms with Crippen LogP contribution in [0.2, 0.25) is 0 Å². The second kappa shape index (κ2) is 6.75. The predicted molar refractivity (Wildman–Crippen MR) is 84.7 cm³/mol. The summed E-state index contributed by atoms with van der Waals surface area (Å²) >= 11 is 0. The van der Waals surface area contributed by atoms with Gasteiger partial charge in [-0.15, -0.1) is 0 Å². The van der Waals surface area contributed by atoms with Crippen molar-refractivity contribution in [2.45, 2.75) is 13.8 Å². The highest BCUT2D eigenvalue weighted by Gasteiger charge is 2.18. The van der Waals surface area contributed by atoms with Gasteiger partial charge >= 0.3 is 6.01 Å². The summed E-state index contributed by atoms with van der Waals surface area (Å²) in [6, 6.07) is 9.24. The highest BCUT2D eigenvalue weighted by Crippen LogP contribution is 2.20. The summed E-state index contributed by atoms with van der Waals surface area (Å²) in [6.07, 6.45) is 0. The summed E-state index contributed by atoms with van der Waals surface area (Å²) in [7, 11) is 0. The van der Waals surface area contributed by atoms with Gasteiger partial charge in [0.15, 0.2) is 0 Å². The van der Waals surface area contributed by atoms with E-state index in [0.29, 0.717) is 43.6 Å². The molecule has 0 spiro atoms. The Morgan fingerprint density at radius 1 is 1.09 bits per heavy atom. The van der Waals surface area contributed by atoms with Gasteiger partial charge in [0.2, 0.25) is 0 Å². The maximum Gasteiger partial charge on any atom is 0.322 e. The van der Waals surface area contributed by atoms with Crippen molar-refractivity contribution in [2.24, 2.45) is 0 Å². The molecule has 1 aliphatic rings. The topological polar surface area (TPSA) is 64.5 Å². The summed E-state index contributed by atoms with van der Waals surface area (Å²) in [4.78, 5) is 22.6. The summed E-state index contributed by atoms with van der Waals surface area (Å²) < 4.78 is 10.9. The molecule has 1 saturated heterocycles. The molecule has 120 valence electrons. The maximum absolute atomic E-state index is 12.4. The van der Waals surface area contributed by atoms with Crippen molar-refractivity contribution in [1.29, 1.82) is 0 Å². The molecule has 0 aliphatic carbocycles. The zero-order valence-corrected chi connectivity index (χ0v) is 13.3. The standard InChI is InChI=1S/C17H19N3O3/c1-12-11-13(2)19-17(18-12)23-15-5-3-14(4-6-15)16(21)20-7-9-22-10-8-20/h3-6,11H,7-10H2,1-2H3. The van der Waals surface area contributed by atoms with Crippen LogP contribution < -0.4 is 4.74 Å². The number of rotatable bonds is 3. The molecule has 2 aromatic rings. The Kier molecular flexibility index (Phi) is 4.52. The number of nitrogens with zero attached hydrogens (tertiary/aromatic N) is 3. The van der Waals surface area contributed by atoms with Crippen molar-refractivity contribution in [2.75, 3.05) is 26.3 Å². The average molecular weight is 313 g/mol. The molecule has 1 aliphatic heterocycles. The Bertz CT molecular complexity index is 674. The van der Waals surface area contributed by atoms with E-state index in [2.05, 4.69) is 9.97 Å². The van der Waals surface area contributed by atoms with Crippen molar-refractivity contribution in [3.05, 3.63) is 47.3 Å². The van der Waals surface area contributed by atoms with E-state index in [-0.39, 0.29) is 5.91 Å². The second-order valence-electron chi connectivity index (χ2n) is 5.46. The van der Waals surface area contributed by atoms with Crippen LogP contribution in [0.15, 0.2) is 30.3 Å². The number of hydrogen-bond acceptors (Lipinski definition) is 5. The first-order valence-electron chi connectivity index (χ1n) is 7.59. The van der Waals surface area contributed by atoms with E-state index in [9.17, 15) is 4.79 Å². The zero-order chi connectivity index (χ0) is 16.2. The molecule has 6 heteroatoms. The Hall–Kier alpha value is -2.47. The second-order valence-corrected chi connectivity index (χ2v) is 5.46. The van der Waals surface area contributed by atoms with Crippen LogP contribution in [0, 0.1) is 13.8 Å². The number of carbonyl (C=O) groups is 1. The van der Waals surface area contributed by atoms with Crippen molar-refractivity contribution in [1.82, 2.24) is 14.9 Å². The zero-order valence-electron chi connectivity index (χ0n) is 13.3. The third-order valence-electron chi connectivity index (χ3n) is 3.57. The van der Waals surface area contributed by atoms with E-state index >= 15 is 0 Å². The molecule has 23 heavy (non-hydrogen) atoms. The van der Waals surface area contributed by atoms with Crippen LogP contribution >= 0.6 is 0 Å². The van der Waals surface area contributed by atoms with Crippen LogP contribution in [0.25, 0.3) is 0 Å². The van der Waals surface area contributed by atoms with E-state index in [1.165, 1.54) is 0 Å². The summed E-state index contributed by atoms with van der Waals surface area (Å²) in [5.41, 5.74) is 2.35. The highest BCUT2D eigenvalue weighted by atomic mass is 16.5. The molecule has 0 N–H and O–H groups in total. The molecule has 3 rings (SSSR count). The third kappa shape index (κ3) is 3.84. The van der Waals surface area contributed by atoms with Gasteiger partial charge in [0.05, 0.1) is 13.2 Å². The normalized spacial score (nSPS) is 14.6. The van der Waals surface area contributed by atoms with Gasteiger partial charge in [-0.3, -0.25) is 4.79 Å². The lowest BCUT2D eigenvalue weighted by atomic mass is 10.2. The molecule has 2 heterocycles. The lowest BCUT2D eigenvalue weighted by molar-refractivity contribution is 0.0303. The minimum atomic E-state index is 0.0162. The van der Waals surface area contributed by atoms with Crippen LogP contribution in [0.4, 0.5) is 0 Å². The quantitative estimate of drug-likeness (QED) is 0.870. The van der Waals surface area contributed by atoms with Crippen LogP contribution in [0.3, 0.4) is 0 Å². The fourth-order valence-electron chi connectivity index (χ4n) is 2.46. The fraction of sp³-hybridized carbons (Fsp3) is 0.353. The number of hydrogen-bond donors (Lipinski definition) is 0. The third-order valence-corrected chi connectivity index (χ3v) is 3.57. The molecule has 0 atom stereocenters. The smallest absolute Gasteiger partial charge is 0.322 e. The number of aryl methyl sites for hydroxylation is 2. The first kappa shape index (κ1) is 15.4. The predicted octanol–water partition coefficient (Wildman–Crippen LogP) is 2.36. The summed E-state index contributed by atoms with van der Waals surface area (Å²) in [6.45, 7) is 6.24. The Labute approximate surface area is 135 Å². The molecule has 1 amide bonds. The van der Waals surface area contributed by atoms with Crippen LogP contribution in [0.5, 0.6) is 11.8 Å². The number of morpholine rings is 1. The number of benzene rings is 1. The molecule has 0 bridgehead atoms. The van der Waals surface area contributed by atoms with Crippen molar-refractivity contribution < 1.29 is 14.3 Å². The van der Waals surface area contributed by atoms with Gasteiger partial charge in [0.25, 0.3) is 5.91 Å². The lowest BCUT2D eigenvalue weighted by Crippen LogP contribution is -2.40. The van der Waals surface area contributed by atoms with Crippen LogP contribution in [0.1, 0.15) is 21.7 Å². The van der Waals surface area contributed by atoms with Gasteiger partial charge in [0, 0.05) is 30.0 Å². The van der Waals surface area contributed by atoms with Crippen LogP contribution in [-0.4, -0.2) is 47.1 Å². The van der Waals surface area contributed by atoms with Gasteiger partial charge in [0.1, 0.15) is 5.75 Å². The number of carbonyl (C=O) groups excluding carboxylic acids is 1. The first-order valence-corrected chi connectivity index (χ1v) is 7.59. The van der Waals surface area contributed by atoms with Gasteiger partial charge in [-0.05, 0) is 44.2 Å². The van der Waals surface area contributed by atoms with Crippen molar-refractivity contribution >= 4 is 5.91 Å². The number of amides is 1. The van der Waals surface area contributed by atoms with Gasteiger partial charge < -0.3 is 14.4 Å². The molecule has 1 fully saturated rings. The lowest BCUT2D eigenvalue weighted by Gasteiger charge is -2.26. The number of aromatic nitrogens is 2. The number of ether oxygens (including phenoxy) is 2. The first-order chi connectivity index (χ1) is 11.1. The molecule has 0 saturated carbocycles. The maximum atomic E-state index is 12.4. The average Bonchev–Trinajstić information content (AvgIpc) is 2.55. The molecule has 1 aromatic heterocycles. The van der Waals surface area contributed by atoms with Crippen molar-refractivity contribution in [3.8, 4) is 11.8 Å². The van der Waals surface area contributed by atoms with Gasteiger partial charge in [-0.25, -0.2) is 9.97 Å². The monoisotopic (exact) mass is 313 g/mol. The van der Waals surface area contributed by atoms with Crippen molar-refractivity contribution in [3.63, 3.8) is 0 Å². The Balaban J connectivity index is 1.70. The van der Waals surface area contributed by atoms with Gasteiger partial charge in [-0.2, -0.15) is 0 Å². The Morgan fingerprint density at radius 3 is 2.30 bits per heavy atom. The Morgan fingerprint density at radius 2 is 1.70 bits per heavy atom. The summed E-state index contributed by atoms with van der Waals surface area (Å²) in [5.74, 6) is 0.621. The molecule has 1 aromatic carbocycles. The van der Waals surface area contributed by atoms with E-state index < -0.39 is 0 Å². The molecular weight excluding hydrogens is 294 g/mol. The SMILES string of the molecule is Cc1cc(C)nc(Oc2ccc(C(=O)N3CCOCC3)cc2)n1. The fourth-order valence-corrected chi connectivity index (χ4v) is 2.46. The minimum absolute atomic E-state index is 0.0162. The highest BCUT2D eigenvalue weighted by molar-refractivity contribution is 5.94. The summed E-state index contributed by atoms with van der Waals surface area (Å²) in [5, 5.41) is 0. The molecule has 0 unspecified atom stereocenters.